The molecule has 0 saturated carbocycles. The summed E-state index contributed by atoms with van der Waals surface area (Å²) in [5.74, 6) is 0. The molecule has 96 valence electrons. The zero-order valence-electron chi connectivity index (χ0n) is 11.3. The van der Waals surface area contributed by atoms with E-state index in [0.717, 1.165) is 5.52 Å². The fourth-order valence-electron chi connectivity index (χ4n) is 2.39. The lowest BCUT2D eigenvalue weighted by Gasteiger charge is -2.17. The molecule has 0 aliphatic heterocycles. The largest absolute Gasteiger partial charge is 0.313 e. The molecule has 1 aromatic heterocycles. The second-order valence-electron chi connectivity index (χ2n) is 4.79. The van der Waals surface area contributed by atoms with Gasteiger partial charge >= 0.3 is 0 Å². The molecule has 0 amide bonds. The molecule has 1 unspecified atom stereocenters. The maximum absolute atomic E-state index is 4.36. The van der Waals surface area contributed by atoms with Crippen LogP contribution in [0.5, 0.6) is 0 Å². The minimum atomic E-state index is 0.459. The van der Waals surface area contributed by atoms with Gasteiger partial charge < -0.3 is 5.32 Å². The second kappa shape index (κ2) is 6.50. The average molecular weight is 242 g/mol. The molecule has 1 heterocycles. The van der Waals surface area contributed by atoms with Crippen molar-refractivity contribution in [2.75, 3.05) is 7.05 Å². The lowest BCUT2D eigenvalue weighted by Crippen LogP contribution is -2.16. The number of fused-ring (bicyclic) bond motifs is 1. The number of hydrogen-bond acceptors (Lipinski definition) is 2. The van der Waals surface area contributed by atoms with Gasteiger partial charge in [0.15, 0.2) is 0 Å². The normalized spacial score (nSPS) is 12.8. The van der Waals surface area contributed by atoms with Crippen molar-refractivity contribution in [1.29, 1.82) is 0 Å². The summed E-state index contributed by atoms with van der Waals surface area (Å²) in [4.78, 5) is 4.36. The van der Waals surface area contributed by atoms with Crippen LogP contribution >= 0.6 is 0 Å². The predicted molar refractivity (Wildman–Crippen MR) is 77.7 cm³/mol. The maximum Gasteiger partial charge on any atom is 0.0702 e. The summed E-state index contributed by atoms with van der Waals surface area (Å²) in [7, 11) is 2.05. The Labute approximate surface area is 109 Å². The number of nitrogens with one attached hydrogen (secondary N) is 1. The van der Waals surface area contributed by atoms with Gasteiger partial charge in [0.2, 0.25) is 0 Å². The zero-order chi connectivity index (χ0) is 12.8. The maximum atomic E-state index is 4.36. The van der Waals surface area contributed by atoms with Crippen molar-refractivity contribution in [2.45, 2.75) is 38.6 Å². The molecule has 2 aromatic rings. The lowest BCUT2D eigenvalue weighted by molar-refractivity contribution is 0.512. The molecule has 0 fully saturated rings. The van der Waals surface area contributed by atoms with E-state index in [-0.39, 0.29) is 0 Å². The first-order valence-corrected chi connectivity index (χ1v) is 6.87. The second-order valence-corrected chi connectivity index (χ2v) is 4.79. The topological polar surface area (TPSA) is 24.9 Å². The van der Waals surface area contributed by atoms with Gasteiger partial charge in [0.05, 0.1) is 5.52 Å². The van der Waals surface area contributed by atoms with Gasteiger partial charge in [0.1, 0.15) is 0 Å². The van der Waals surface area contributed by atoms with E-state index in [1.807, 2.05) is 19.3 Å². The SMILES string of the molecule is CCCCCC(NC)c1ccc2ncccc2c1. The number of pyridine rings is 1. The molecule has 2 rings (SSSR count). The minimum Gasteiger partial charge on any atom is -0.313 e. The molecule has 18 heavy (non-hydrogen) atoms. The Bertz CT molecular complexity index is 493. The Morgan fingerprint density at radius 2 is 2.11 bits per heavy atom. The molecule has 2 nitrogen and oxygen atoms in total. The molecule has 0 aliphatic carbocycles. The molecule has 0 spiro atoms. The van der Waals surface area contributed by atoms with Gasteiger partial charge in [-0.15, -0.1) is 0 Å². The number of aromatic nitrogens is 1. The first-order valence-electron chi connectivity index (χ1n) is 6.87. The number of benzene rings is 1. The highest BCUT2D eigenvalue weighted by Gasteiger charge is 2.09. The molecule has 0 saturated heterocycles. The average Bonchev–Trinajstić information content (AvgIpc) is 2.43. The molecule has 2 heteroatoms. The Morgan fingerprint density at radius 3 is 2.89 bits per heavy atom. The van der Waals surface area contributed by atoms with E-state index in [1.54, 1.807) is 0 Å². The van der Waals surface area contributed by atoms with Gasteiger partial charge in [0, 0.05) is 17.6 Å². The summed E-state index contributed by atoms with van der Waals surface area (Å²) in [5.41, 5.74) is 2.44. The van der Waals surface area contributed by atoms with E-state index in [9.17, 15) is 0 Å². The summed E-state index contributed by atoms with van der Waals surface area (Å²) in [6.07, 6.45) is 6.92. The van der Waals surface area contributed by atoms with Crippen LogP contribution < -0.4 is 5.32 Å². The van der Waals surface area contributed by atoms with Crippen LogP contribution in [-0.2, 0) is 0 Å². The van der Waals surface area contributed by atoms with Crippen LogP contribution in [0.4, 0.5) is 0 Å². The third kappa shape index (κ3) is 3.08. The fraction of sp³-hybridized carbons (Fsp3) is 0.438. The van der Waals surface area contributed by atoms with Crippen molar-refractivity contribution in [3.63, 3.8) is 0 Å². The highest BCUT2D eigenvalue weighted by atomic mass is 14.9. The van der Waals surface area contributed by atoms with Gasteiger partial charge in [-0.25, -0.2) is 0 Å². The first kappa shape index (κ1) is 13.0. The van der Waals surface area contributed by atoms with E-state index in [1.165, 1.54) is 36.6 Å². The highest BCUT2D eigenvalue weighted by Crippen LogP contribution is 2.23. The van der Waals surface area contributed by atoms with Crippen molar-refractivity contribution in [1.82, 2.24) is 10.3 Å². The lowest BCUT2D eigenvalue weighted by atomic mass is 9.99. The van der Waals surface area contributed by atoms with Gasteiger partial charge in [-0.05, 0) is 37.2 Å². The van der Waals surface area contributed by atoms with Gasteiger partial charge in [-0.3, -0.25) is 4.98 Å². The van der Waals surface area contributed by atoms with Crippen molar-refractivity contribution < 1.29 is 0 Å². The van der Waals surface area contributed by atoms with Crippen LogP contribution in [0.3, 0.4) is 0 Å². The van der Waals surface area contributed by atoms with Crippen LogP contribution in [0.25, 0.3) is 10.9 Å². The number of rotatable bonds is 6. The van der Waals surface area contributed by atoms with Crippen molar-refractivity contribution >= 4 is 10.9 Å². The summed E-state index contributed by atoms with van der Waals surface area (Å²) < 4.78 is 0. The fourth-order valence-corrected chi connectivity index (χ4v) is 2.39. The van der Waals surface area contributed by atoms with E-state index < -0.39 is 0 Å². The molecule has 1 aromatic carbocycles. The molecule has 1 atom stereocenters. The zero-order valence-corrected chi connectivity index (χ0v) is 11.3. The van der Waals surface area contributed by atoms with Crippen molar-refractivity contribution in [2.24, 2.45) is 0 Å². The molecular weight excluding hydrogens is 220 g/mol. The number of unbranched alkanes of at least 4 members (excludes halogenated alkanes) is 2. The Hall–Kier alpha value is -1.41. The Kier molecular flexibility index (Phi) is 4.71. The quantitative estimate of drug-likeness (QED) is 0.772. The van der Waals surface area contributed by atoms with Gasteiger partial charge in [0.25, 0.3) is 0 Å². The summed E-state index contributed by atoms with van der Waals surface area (Å²) >= 11 is 0. The molecule has 0 radical (unpaired) electrons. The molecule has 0 bridgehead atoms. The van der Waals surface area contributed by atoms with E-state index in [4.69, 9.17) is 0 Å². The third-order valence-electron chi connectivity index (χ3n) is 3.47. The van der Waals surface area contributed by atoms with Crippen LogP contribution in [-0.4, -0.2) is 12.0 Å². The number of hydrogen-bond donors (Lipinski definition) is 1. The van der Waals surface area contributed by atoms with Crippen LogP contribution in [0.1, 0.15) is 44.2 Å². The highest BCUT2D eigenvalue weighted by molar-refractivity contribution is 5.79. The Morgan fingerprint density at radius 1 is 1.22 bits per heavy atom. The Balaban J connectivity index is 2.17. The van der Waals surface area contributed by atoms with E-state index in [2.05, 4.69) is 41.5 Å². The third-order valence-corrected chi connectivity index (χ3v) is 3.47. The summed E-state index contributed by atoms with van der Waals surface area (Å²) in [6.45, 7) is 2.25. The van der Waals surface area contributed by atoms with Crippen LogP contribution in [0.15, 0.2) is 36.5 Å². The molecular formula is C16H22N2. The molecule has 1 N–H and O–H groups in total. The van der Waals surface area contributed by atoms with E-state index in [0.29, 0.717) is 6.04 Å². The van der Waals surface area contributed by atoms with Crippen LogP contribution in [0, 0.1) is 0 Å². The summed E-state index contributed by atoms with van der Waals surface area (Å²) in [5, 5.41) is 4.65. The molecule has 0 aliphatic rings. The van der Waals surface area contributed by atoms with Gasteiger partial charge in [-0.2, -0.15) is 0 Å². The number of nitrogens with zero attached hydrogens (tertiary/aromatic N) is 1. The van der Waals surface area contributed by atoms with Gasteiger partial charge in [-0.1, -0.05) is 38.3 Å². The first-order chi connectivity index (χ1) is 8.85. The standard InChI is InChI=1S/C16H22N2/c1-3-4-5-8-15(17-2)14-9-10-16-13(12-14)7-6-11-18-16/h6-7,9-12,15,17H,3-5,8H2,1-2H3. The van der Waals surface area contributed by atoms with E-state index >= 15 is 0 Å². The van der Waals surface area contributed by atoms with Crippen molar-refractivity contribution in [3.05, 3.63) is 42.1 Å². The minimum absolute atomic E-state index is 0.459. The smallest absolute Gasteiger partial charge is 0.0702 e. The monoisotopic (exact) mass is 242 g/mol. The van der Waals surface area contributed by atoms with Crippen molar-refractivity contribution in [3.8, 4) is 0 Å². The van der Waals surface area contributed by atoms with Crippen LogP contribution in [0.2, 0.25) is 0 Å². The predicted octanol–water partition coefficient (Wildman–Crippen LogP) is 4.08. The summed E-state index contributed by atoms with van der Waals surface area (Å²) in [6, 6.07) is 11.2.